The van der Waals surface area contributed by atoms with E-state index in [0.717, 1.165) is 76.0 Å². The maximum absolute atomic E-state index is 14.8. The third kappa shape index (κ3) is 7.95. The summed E-state index contributed by atoms with van der Waals surface area (Å²) >= 11 is 0. The number of rotatable bonds is 17. The molecule has 0 amide bonds. The van der Waals surface area contributed by atoms with Gasteiger partial charge in [-0.25, -0.2) is 0 Å². The first kappa shape index (κ1) is 28.1. The first-order valence-electron chi connectivity index (χ1n) is 13.1. The SMILES string of the molecule is CCCCP(CCCC)(CCCC)(CCCC)OP(=O)(Oc1ccccc1)c1ccccc1. The summed E-state index contributed by atoms with van der Waals surface area (Å²) in [5, 5.41) is 0.670. The van der Waals surface area contributed by atoms with Crippen LogP contribution in [0.15, 0.2) is 60.7 Å². The van der Waals surface area contributed by atoms with E-state index in [1.165, 1.54) is 0 Å². The van der Waals surface area contributed by atoms with Gasteiger partial charge < -0.3 is 0 Å². The summed E-state index contributed by atoms with van der Waals surface area (Å²) in [7, 11) is -3.58. The molecule has 2 aromatic carbocycles. The van der Waals surface area contributed by atoms with Gasteiger partial charge in [-0.2, -0.15) is 0 Å². The van der Waals surface area contributed by atoms with Crippen LogP contribution in [-0.2, 0) is 8.88 Å². The fraction of sp³-hybridized carbons (Fsp3) is 0.571. The molecular weight excluding hydrogens is 446 g/mol. The second kappa shape index (κ2) is 13.7. The number of benzene rings is 2. The van der Waals surface area contributed by atoms with Crippen LogP contribution in [0, 0.1) is 0 Å². The monoisotopic (exact) mass is 492 g/mol. The Labute approximate surface area is 203 Å². The van der Waals surface area contributed by atoms with Crippen LogP contribution in [0.25, 0.3) is 0 Å². The predicted octanol–water partition coefficient (Wildman–Crippen LogP) is 9.27. The van der Waals surface area contributed by atoms with Crippen LogP contribution in [-0.4, -0.2) is 24.6 Å². The Balaban J connectivity index is 2.65. The van der Waals surface area contributed by atoms with Crippen LogP contribution in [0.4, 0.5) is 0 Å². The summed E-state index contributed by atoms with van der Waals surface area (Å²) in [5.41, 5.74) is 0. The van der Waals surface area contributed by atoms with E-state index >= 15 is 0 Å². The molecule has 5 heteroatoms. The van der Waals surface area contributed by atoms with Crippen molar-refractivity contribution in [2.75, 3.05) is 24.6 Å². The molecule has 2 aromatic rings. The van der Waals surface area contributed by atoms with Crippen LogP contribution in [0.5, 0.6) is 5.75 Å². The van der Waals surface area contributed by atoms with Crippen LogP contribution < -0.4 is 9.83 Å². The molecule has 1 unspecified atom stereocenters. The molecule has 0 aliphatic carbocycles. The first-order valence-corrected chi connectivity index (χ1v) is 17.5. The maximum atomic E-state index is 14.8. The number of hydrogen-bond acceptors (Lipinski definition) is 3. The average molecular weight is 493 g/mol. The Morgan fingerprint density at radius 3 is 1.42 bits per heavy atom. The summed E-state index contributed by atoms with van der Waals surface area (Å²) in [6.45, 7) is 6.21. The second-order valence-electron chi connectivity index (χ2n) is 9.49. The summed E-state index contributed by atoms with van der Waals surface area (Å²) in [5.74, 6) is 0.610. The van der Waals surface area contributed by atoms with Crippen molar-refractivity contribution in [2.45, 2.75) is 79.1 Å². The number of para-hydroxylation sites is 1. The van der Waals surface area contributed by atoms with Crippen molar-refractivity contribution in [3.63, 3.8) is 0 Å². The number of hydrogen-bond donors (Lipinski definition) is 0. The number of unbranched alkanes of at least 4 members (excludes halogenated alkanes) is 4. The van der Waals surface area contributed by atoms with Crippen LogP contribution in [0.1, 0.15) is 79.1 Å². The van der Waals surface area contributed by atoms with Gasteiger partial charge in [0, 0.05) is 0 Å². The third-order valence-electron chi connectivity index (χ3n) is 6.69. The normalized spacial score (nSPS) is 14.8. The zero-order valence-corrected chi connectivity index (χ0v) is 23.2. The molecule has 0 saturated carbocycles. The van der Waals surface area contributed by atoms with Gasteiger partial charge in [-0.15, -0.1) is 0 Å². The van der Waals surface area contributed by atoms with Gasteiger partial charge in [0.05, 0.1) is 0 Å². The van der Waals surface area contributed by atoms with Crippen LogP contribution >= 0.6 is 14.4 Å². The van der Waals surface area contributed by atoms with Crippen LogP contribution in [0.2, 0.25) is 0 Å². The molecule has 3 nitrogen and oxygen atoms in total. The molecular formula is C28H46O3P2. The van der Waals surface area contributed by atoms with Crippen molar-refractivity contribution in [1.82, 2.24) is 0 Å². The molecule has 0 fully saturated rings. The van der Waals surface area contributed by atoms with E-state index < -0.39 is 14.4 Å². The van der Waals surface area contributed by atoms with E-state index in [1.54, 1.807) is 0 Å². The molecule has 0 saturated heterocycles. The predicted molar refractivity (Wildman–Crippen MR) is 148 cm³/mol. The van der Waals surface area contributed by atoms with E-state index in [9.17, 15) is 4.57 Å². The molecule has 0 spiro atoms. The first-order chi connectivity index (χ1) is 15.9. The summed E-state index contributed by atoms with van der Waals surface area (Å²) < 4.78 is 28.5. The quantitative estimate of drug-likeness (QED) is 0.206. The zero-order chi connectivity index (χ0) is 24.1. The molecule has 33 heavy (non-hydrogen) atoms. The van der Waals surface area contributed by atoms with E-state index in [2.05, 4.69) is 27.7 Å². The van der Waals surface area contributed by atoms with Crippen molar-refractivity contribution in [3.05, 3.63) is 60.7 Å². The summed E-state index contributed by atoms with van der Waals surface area (Å²) in [6.07, 6.45) is 13.2. The van der Waals surface area contributed by atoms with Gasteiger partial charge in [0.25, 0.3) is 0 Å². The Hall–Kier alpha value is -1.14. The van der Waals surface area contributed by atoms with Gasteiger partial charge in [-0.3, -0.25) is 0 Å². The van der Waals surface area contributed by atoms with Crippen molar-refractivity contribution in [1.29, 1.82) is 0 Å². The zero-order valence-electron chi connectivity index (χ0n) is 21.4. The second-order valence-corrected chi connectivity index (χ2v) is 17.3. The van der Waals surface area contributed by atoms with Gasteiger partial charge in [0.15, 0.2) is 0 Å². The van der Waals surface area contributed by atoms with E-state index in [4.69, 9.17) is 8.83 Å². The Bertz CT molecular complexity index is 795. The molecule has 1 atom stereocenters. The molecule has 2 rings (SSSR count). The van der Waals surface area contributed by atoms with Gasteiger partial charge in [0.1, 0.15) is 0 Å². The minimum atomic E-state index is -3.58. The molecule has 0 aromatic heterocycles. The molecule has 0 aliphatic heterocycles. The summed E-state index contributed by atoms with van der Waals surface area (Å²) in [4.78, 5) is 0. The molecule has 0 aliphatic rings. The van der Waals surface area contributed by atoms with Crippen molar-refractivity contribution in [3.8, 4) is 5.75 Å². The topological polar surface area (TPSA) is 35.5 Å². The standard InChI is InChI=1S/C28H46O3P2/c1-5-9-23-33(24-10-6-2,25-11-7-3,26-12-8-4)31-32(29,28-21-17-14-18-22-28)30-27-19-15-13-16-20-27/h13-22H,5-12,23-26H2,1-4H3. The Morgan fingerprint density at radius 2 is 1.03 bits per heavy atom. The van der Waals surface area contributed by atoms with Crippen LogP contribution in [0.3, 0.4) is 0 Å². The van der Waals surface area contributed by atoms with E-state index in [0.29, 0.717) is 11.1 Å². The van der Waals surface area contributed by atoms with Crippen molar-refractivity contribution < 1.29 is 13.4 Å². The molecule has 0 heterocycles. The van der Waals surface area contributed by atoms with E-state index in [1.807, 2.05) is 60.7 Å². The molecule has 0 bridgehead atoms. The van der Waals surface area contributed by atoms with Gasteiger partial charge in [-0.1, -0.05) is 0 Å². The average Bonchev–Trinajstić information content (AvgIpc) is 2.85. The molecule has 0 N–H and O–H groups in total. The Morgan fingerprint density at radius 1 is 0.636 bits per heavy atom. The fourth-order valence-electron chi connectivity index (χ4n) is 4.72. The molecule has 186 valence electrons. The van der Waals surface area contributed by atoms with Crippen molar-refractivity contribution in [2.24, 2.45) is 0 Å². The van der Waals surface area contributed by atoms with Crippen molar-refractivity contribution >= 4 is 19.7 Å². The molecule has 0 radical (unpaired) electrons. The minimum absolute atomic E-state index is 0.610. The van der Waals surface area contributed by atoms with E-state index in [-0.39, 0.29) is 0 Å². The Kier molecular flexibility index (Phi) is 11.6. The fourth-order valence-corrected chi connectivity index (χ4v) is 15.8. The third-order valence-corrected chi connectivity index (χ3v) is 16.6. The van der Waals surface area contributed by atoms with Gasteiger partial charge in [0.2, 0.25) is 0 Å². The van der Waals surface area contributed by atoms with Gasteiger partial charge >= 0.3 is 203 Å². The summed E-state index contributed by atoms with van der Waals surface area (Å²) in [6, 6.07) is 19.2. The van der Waals surface area contributed by atoms with Gasteiger partial charge in [-0.05, 0) is 0 Å².